The van der Waals surface area contributed by atoms with Crippen molar-refractivity contribution < 1.29 is 14.6 Å². The molecule has 0 aliphatic carbocycles. The normalized spacial score (nSPS) is 13.9. The molecule has 0 radical (unpaired) electrons. The lowest BCUT2D eigenvalue weighted by molar-refractivity contribution is -0.127. The van der Waals surface area contributed by atoms with Crippen molar-refractivity contribution in [1.29, 1.82) is 0 Å². The zero-order valence-electron chi connectivity index (χ0n) is 19.1. The predicted molar refractivity (Wildman–Crippen MR) is 126 cm³/mol. The van der Waals surface area contributed by atoms with E-state index in [1.54, 1.807) is 7.11 Å². The highest BCUT2D eigenvalue weighted by atomic mass is 16.5. The van der Waals surface area contributed by atoms with E-state index in [9.17, 15) is 9.90 Å². The quantitative estimate of drug-likeness (QED) is 0.426. The lowest BCUT2D eigenvalue weighted by atomic mass is 9.96. The van der Waals surface area contributed by atoms with Crippen LogP contribution in [0.5, 0.6) is 5.75 Å². The average Bonchev–Trinajstić information content (AvgIpc) is 2.80. The van der Waals surface area contributed by atoms with Crippen molar-refractivity contribution in [2.24, 2.45) is 5.92 Å². The molecule has 0 fully saturated rings. The summed E-state index contributed by atoms with van der Waals surface area (Å²) in [5, 5.41) is 17.4. The van der Waals surface area contributed by atoms with Gasteiger partial charge in [0.15, 0.2) is 0 Å². The number of aliphatic hydroxyl groups is 1. The van der Waals surface area contributed by atoms with Crippen molar-refractivity contribution in [3.05, 3.63) is 65.7 Å². The smallest absolute Gasteiger partial charge is 0.223 e. The molecule has 0 aliphatic rings. The molecule has 1 amide bonds. The van der Waals surface area contributed by atoms with Crippen LogP contribution < -0.4 is 15.4 Å². The second-order valence-electron chi connectivity index (χ2n) is 8.10. The van der Waals surface area contributed by atoms with Gasteiger partial charge in [-0.2, -0.15) is 0 Å². The molecule has 0 saturated carbocycles. The second-order valence-corrected chi connectivity index (χ2v) is 8.10. The van der Waals surface area contributed by atoms with E-state index in [1.165, 1.54) is 0 Å². The number of hydrogen-bond donors (Lipinski definition) is 3. The number of nitrogens with one attached hydrogen (secondary N) is 2. The topological polar surface area (TPSA) is 70.6 Å². The molecule has 1 unspecified atom stereocenters. The maximum absolute atomic E-state index is 12.9. The van der Waals surface area contributed by atoms with Crippen molar-refractivity contribution in [1.82, 2.24) is 10.6 Å². The largest absolute Gasteiger partial charge is 0.497 e. The van der Waals surface area contributed by atoms with Gasteiger partial charge in [-0.05, 0) is 42.5 Å². The highest BCUT2D eigenvalue weighted by Gasteiger charge is 2.25. The first-order valence-electron chi connectivity index (χ1n) is 11.4. The van der Waals surface area contributed by atoms with E-state index in [0.29, 0.717) is 19.5 Å². The molecular weight excluding hydrogens is 388 g/mol. The van der Waals surface area contributed by atoms with E-state index in [0.717, 1.165) is 42.6 Å². The van der Waals surface area contributed by atoms with E-state index in [4.69, 9.17) is 4.74 Å². The van der Waals surface area contributed by atoms with Gasteiger partial charge in [-0.1, -0.05) is 69.2 Å². The third-order valence-corrected chi connectivity index (χ3v) is 5.68. The van der Waals surface area contributed by atoms with Crippen molar-refractivity contribution in [2.75, 3.05) is 13.7 Å². The number of carbonyl (C=O) groups excluding carboxylic acids is 1. The van der Waals surface area contributed by atoms with Gasteiger partial charge < -0.3 is 20.5 Å². The Morgan fingerprint density at radius 2 is 1.81 bits per heavy atom. The number of aliphatic hydroxyl groups excluding tert-OH is 1. The Labute approximate surface area is 187 Å². The van der Waals surface area contributed by atoms with Crippen molar-refractivity contribution in [3.8, 4) is 5.75 Å². The number of carbonyl (C=O) groups is 1. The molecule has 0 aromatic heterocycles. The summed E-state index contributed by atoms with van der Waals surface area (Å²) < 4.78 is 5.27. The third-order valence-electron chi connectivity index (χ3n) is 5.68. The Kier molecular flexibility index (Phi) is 11.1. The maximum atomic E-state index is 12.9. The predicted octanol–water partition coefficient (Wildman–Crippen LogP) is 4.09. The number of benzene rings is 2. The van der Waals surface area contributed by atoms with Crippen LogP contribution in [0.3, 0.4) is 0 Å². The van der Waals surface area contributed by atoms with Crippen LogP contribution in [-0.2, 0) is 17.8 Å². The Morgan fingerprint density at radius 1 is 1.06 bits per heavy atom. The zero-order valence-corrected chi connectivity index (χ0v) is 19.1. The van der Waals surface area contributed by atoms with Crippen LogP contribution in [0.15, 0.2) is 54.6 Å². The van der Waals surface area contributed by atoms with E-state index in [2.05, 4.69) is 24.5 Å². The summed E-state index contributed by atoms with van der Waals surface area (Å²) >= 11 is 0. The molecule has 0 bridgehead atoms. The summed E-state index contributed by atoms with van der Waals surface area (Å²) in [6.07, 6.45) is 3.72. The van der Waals surface area contributed by atoms with Crippen LogP contribution in [0.1, 0.15) is 50.7 Å². The average molecular weight is 427 g/mol. The first-order valence-corrected chi connectivity index (χ1v) is 11.4. The lowest BCUT2D eigenvalue weighted by Gasteiger charge is -2.27. The van der Waals surface area contributed by atoms with E-state index >= 15 is 0 Å². The summed E-state index contributed by atoms with van der Waals surface area (Å²) in [4.78, 5) is 12.9. The molecule has 5 nitrogen and oxygen atoms in total. The lowest BCUT2D eigenvalue weighted by Crippen LogP contribution is -2.50. The Balaban J connectivity index is 1.99. The standard InChI is InChI=1S/C26H38N2O3/c1-4-6-14-22(5-2)26(30)28-24(17-20-11-8-7-9-12-20)25(29)19-27-18-21-13-10-15-23(16-21)31-3/h7-13,15-16,22,24-25,27,29H,4-6,14,17-19H2,1-3H3,(H,28,30)/t22?,24-,25-/m0/s1. The number of ether oxygens (including phenoxy) is 1. The van der Waals surface area contributed by atoms with Crippen molar-refractivity contribution in [3.63, 3.8) is 0 Å². The molecule has 3 atom stereocenters. The molecule has 0 aliphatic heterocycles. The van der Waals surface area contributed by atoms with E-state index in [-0.39, 0.29) is 17.9 Å². The minimum absolute atomic E-state index is 0.00448. The number of methoxy groups -OCH3 is 1. The summed E-state index contributed by atoms with van der Waals surface area (Å²) in [6.45, 7) is 5.20. The minimum atomic E-state index is -0.696. The van der Waals surface area contributed by atoms with Gasteiger partial charge >= 0.3 is 0 Å². The number of rotatable bonds is 14. The van der Waals surface area contributed by atoms with Crippen LogP contribution in [-0.4, -0.2) is 36.8 Å². The van der Waals surface area contributed by atoms with Gasteiger partial charge in [-0.15, -0.1) is 0 Å². The number of amides is 1. The van der Waals surface area contributed by atoms with Crippen LogP contribution in [0.25, 0.3) is 0 Å². The molecule has 2 rings (SSSR count). The highest BCUT2D eigenvalue weighted by molar-refractivity contribution is 5.79. The van der Waals surface area contributed by atoms with Crippen molar-refractivity contribution in [2.45, 2.75) is 64.6 Å². The molecular formula is C26H38N2O3. The number of unbranched alkanes of at least 4 members (excludes halogenated alkanes) is 1. The van der Waals surface area contributed by atoms with Crippen LogP contribution in [0.2, 0.25) is 0 Å². The van der Waals surface area contributed by atoms with Crippen LogP contribution >= 0.6 is 0 Å². The van der Waals surface area contributed by atoms with Gasteiger partial charge in [-0.25, -0.2) is 0 Å². The first-order chi connectivity index (χ1) is 15.1. The van der Waals surface area contributed by atoms with Gasteiger partial charge in [0.25, 0.3) is 0 Å². The fraction of sp³-hybridized carbons (Fsp3) is 0.500. The summed E-state index contributed by atoms with van der Waals surface area (Å²) in [5.74, 6) is 0.852. The number of hydrogen-bond acceptors (Lipinski definition) is 4. The molecule has 170 valence electrons. The molecule has 2 aromatic rings. The van der Waals surface area contributed by atoms with E-state index in [1.807, 2.05) is 54.6 Å². The monoisotopic (exact) mass is 426 g/mol. The molecule has 5 heteroatoms. The van der Waals surface area contributed by atoms with Gasteiger partial charge in [0.2, 0.25) is 5.91 Å². The van der Waals surface area contributed by atoms with Gasteiger partial charge in [0.05, 0.1) is 19.3 Å². The van der Waals surface area contributed by atoms with Crippen molar-refractivity contribution >= 4 is 5.91 Å². The van der Waals surface area contributed by atoms with Crippen LogP contribution in [0.4, 0.5) is 0 Å². The molecule has 0 spiro atoms. The fourth-order valence-electron chi connectivity index (χ4n) is 3.71. The minimum Gasteiger partial charge on any atom is -0.497 e. The third kappa shape index (κ3) is 8.72. The summed E-state index contributed by atoms with van der Waals surface area (Å²) in [6, 6.07) is 17.5. The molecule has 31 heavy (non-hydrogen) atoms. The van der Waals surface area contributed by atoms with Gasteiger partial charge in [0, 0.05) is 19.0 Å². The first kappa shape index (κ1) is 24.9. The van der Waals surface area contributed by atoms with Gasteiger partial charge in [0.1, 0.15) is 5.75 Å². The fourth-order valence-corrected chi connectivity index (χ4v) is 3.71. The zero-order chi connectivity index (χ0) is 22.5. The molecule has 0 saturated heterocycles. The Bertz CT molecular complexity index is 766. The summed E-state index contributed by atoms with van der Waals surface area (Å²) in [7, 11) is 1.65. The summed E-state index contributed by atoms with van der Waals surface area (Å²) in [5.41, 5.74) is 2.18. The molecule has 2 aromatic carbocycles. The van der Waals surface area contributed by atoms with E-state index < -0.39 is 6.10 Å². The Morgan fingerprint density at radius 3 is 2.48 bits per heavy atom. The van der Waals surface area contributed by atoms with Crippen LogP contribution in [0, 0.1) is 5.92 Å². The van der Waals surface area contributed by atoms with Gasteiger partial charge in [-0.3, -0.25) is 4.79 Å². The maximum Gasteiger partial charge on any atom is 0.223 e. The molecule has 0 heterocycles. The highest BCUT2D eigenvalue weighted by Crippen LogP contribution is 2.15. The SMILES string of the molecule is CCCCC(CC)C(=O)N[C@@H](Cc1ccccc1)[C@@H](O)CNCc1cccc(OC)c1. The second kappa shape index (κ2) is 13.8. The molecule has 3 N–H and O–H groups in total. The Hall–Kier alpha value is -2.37.